The van der Waals surface area contributed by atoms with Crippen LogP contribution in [-0.4, -0.2) is 16.5 Å². The van der Waals surface area contributed by atoms with Gasteiger partial charge in [0.15, 0.2) is 0 Å². The van der Waals surface area contributed by atoms with E-state index in [2.05, 4.69) is 39.7 Å². The first-order valence-corrected chi connectivity index (χ1v) is 6.44. The van der Waals surface area contributed by atoms with Gasteiger partial charge in [0, 0.05) is 19.2 Å². The van der Waals surface area contributed by atoms with Crippen molar-refractivity contribution in [3.63, 3.8) is 0 Å². The van der Waals surface area contributed by atoms with Gasteiger partial charge in [0.2, 0.25) is 5.95 Å². The number of rotatable bonds is 6. The number of benzene rings is 1. The lowest BCUT2D eigenvalue weighted by molar-refractivity contribution is 0.965. The first-order valence-electron chi connectivity index (χ1n) is 6.44. The minimum Gasteiger partial charge on any atom is -0.370 e. The molecule has 2 rings (SSSR count). The SMILES string of the molecule is CCCNc1cc(NCc2ccccc2)nc(N)n1. The molecule has 100 valence electrons. The summed E-state index contributed by atoms with van der Waals surface area (Å²) in [6, 6.07) is 12.0. The Morgan fingerprint density at radius 1 is 1.05 bits per heavy atom. The Bertz CT molecular complexity index is 512. The molecule has 1 heterocycles. The lowest BCUT2D eigenvalue weighted by atomic mass is 10.2. The quantitative estimate of drug-likeness (QED) is 0.741. The third-order valence-electron chi connectivity index (χ3n) is 2.62. The van der Waals surface area contributed by atoms with Crippen LogP contribution in [0.5, 0.6) is 0 Å². The number of aromatic nitrogens is 2. The highest BCUT2D eigenvalue weighted by atomic mass is 15.1. The summed E-state index contributed by atoms with van der Waals surface area (Å²) in [7, 11) is 0. The molecule has 5 heteroatoms. The smallest absolute Gasteiger partial charge is 0.223 e. The van der Waals surface area contributed by atoms with E-state index in [1.165, 1.54) is 5.56 Å². The molecule has 0 aliphatic rings. The zero-order valence-corrected chi connectivity index (χ0v) is 11.1. The van der Waals surface area contributed by atoms with E-state index in [1.807, 2.05) is 24.3 Å². The molecule has 4 N–H and O–H groups in total. The molecule has 0 radical (unpaired) electrons. The minimum absolute atomic E-state index is 0.275. The lowest BCUT2D eigenvalue weighted by Crippen LogP contribution is -2.08. The van der Waals surface area contributed by atoms with Crippen LogP contribution < -0.4 is 16.4 Å². The Morgan fingerprint density at radius 3 is 2.42 bits per heavy atom. The van der Waals surface area contributed by atoms with Gasteiger partial charge in [0.25, 0.3) is 0 Å². The molecule has 0 aliphatic heterocycles. The molecule has 0 aliphatic carbocycles. The number of anilines is 3. The molecule has 0 atom stereocenters. The van der Waals surface area contributed by atoms with Crippen LogP contribution in [-0.2, 0) is 6.54 Å². The summed E-state index contributed by atoms with van der Waals surface area (Å²) in [5.41, 5.74) is 6.89. The summed E-state index contributed by atoms with van der Waals surface area (Å²) in [4.78, 5) is 8.31. The van der Waals surface area contributed by atoms with Crippen molar-refractivity contribution >= 4 is 17.6 Å². The first-order chi connectivity index (χ1) is 9.28. The molecule has 1 aromatic heterocycles. The molecule has 19 heavy (non-hydrogen) atoms. The molecule has 0 bridgehead atoms. The van der Waals surface area contributed by atoms with Gasteiger partial charge in [-0.05, 0) is 12.0 Å². The Labute approximate surface area is 113 Å². The number of nitrogens with two attached hydrogens (primary N) is 1. The summed E-state index contributed by atoms with van der Waals surface area (Å²) in [6.45, 7) is 3.69. The third-order valence-corrected chi connectivity index (χ3v) is 2.62. The predicted octanol–water partition coefficient (Wildman–Crippen LogP) is 2.49. The summed E-state index contributed by atoms with van der Waals surface area (Å²) in [5, 5.41) is 6.45. The van der Waals surface area contributed by atoms with E-state index in [0.717, 1.165) is 24.6 Å². The van der Waals surface area contributed by atoms with Crippen LogP contribution in [0.3, 0.4) is 0 Å². The molecule has 2 aromatic rings. The van der Waals surface area contributed by atoms with Gasteiger partial charge < -0.3 is 16.4 Å². The highest BCUT2D eigenvalue weighted by Crippen LogP contribution is 2.13. The number of nitrogens with zero attached hydrogens (tertiary/aromatic N) is 2. The fourth-order valence-electron chi connectivity index (χ4n) is 1.69. The van der Waals surface area contributed by atoms with Gasteiger partial charge in [-0.15, -0.1) is 0 Å². The van der Waals surface area contributed by atoms with E-state index in [1.54, 1.807) is 0 Å². The maximum atomic E-state index is 5.70. The van der Waals surface area contributed by atoms with Crippen molar-refractivity contribution in [1.29, 1.82) is 0 Å². The molecule has 0 saturated carbocycles. The van der Waals surface area contributed by atoms with Gasteiger partial charge in [-0.3, -0.25) is 0 Å². The van der Waals surface area contributed by atoms with Crippen molar-refractivity contribution in [2.45, 2.75) is 19.9 Å². The van der Waals surface area contributed by atoms with Crippen LogP contribution in [0, 0.1) is 0 Å². The number of hydrogen-bond acceptors (Lipinski definition) is 5. The van der Waals surface area contributed by atoms with Crippen LogP contribution in [0.25, 0.3) is 0 Å². The number of nitrogen functional groups attached to an aromatic ring is 1. The third kappa shape index (κ3) is 4.13. The molecule has 0 amide bonds. The van der Waals surface area contributed by atoms with Crippen molar-refractivity contribution in [1.82, 2.24) is 9.97 Å². The molecular weight excluding hydrogens is 238 g/mol. The molecular formula is C14H19N5. The van der Waals surface area contributed by atoms with E-state index in [0.29, 0.717) is 6.54 Å². The largest absolute Gasteiger partial charge is 0.370 e. The minimum atomic E-state index is 0.275. The Morgan fingerprint density at radius 2 is 1.74 bits per heavy atom. The maximum absolute atomic E-state index is 5.70. The second kappa shape index (κ2) is 6.58. The van der Waals surface area contributed by atoms with E-state index in [-0.39, 0.29) is 5.95 Å². The summed E-state index contributed by atoms with van der Waals surface area (Å²) in [5.74, 6) is 1.76. The topological polar surface area (TPSA) is 75.9 Å². The van der Waals surface area contributed by atoms with E-state index >= 15 is 0 Å². The Hall–Kier alpha value is -2.30. The van der Waals surface area contributed by atoms with Crippen molar-refractivity contribution in [3.05, 3.63) is 42.0 Å². The first kappa shape index (κ1) is 13.1. The van der Waals surface area contributed by atoms with Crippen LogP contribution in [0.15, 0.2) is 36.4 Å². The molecule has 0 unspecified atom stereocenters. The van der Waals surface area contributed by atoms with Crippen molar-refractivity contribution in [3.8, 4) is 0 Å². The number of hydrogen-bond donors (Lipinski definition) is 3. The predicted molar refractivity (Wildman–Crippen MR) is 79.0 cm³/mol. The van der Waals surface area contributed by atoms with Crippen LogP contribution in [0.2, 0.25) is 0 Å². The molecule has 0 fully saturated rings. The summed E-state index contributed by atoms with van der Waals surface area (Å²) in [6.07, 6.45) is 1.04. The fraction of sp³-hybridized carbons (Fsp3) is 0.286. The zero-order valence-electron chi connectivity index (χ0n) is 11.1. The molecule has 0 saturated heterocycles. The maximum Gasteiger partial charge on any atom is 0.223 e. The highest BCUT2D eigenvalue weighted by molar-refractivity contribution is 5.51. The molecule has 0 spiro atoms. The van der Waals surface area contributed by atoms with Crippen LogP contribution in [0.4, 0.5) is 17.6 Å². The van der Waals surface area contributed by atoms with Crippen LogP contribution >= 0.6 is 0 Å². The van der Waals surface area contributed by atoms with Gasteiger partial charge in [-0.2, -0.15) is 9.97 Å². The highest BCUT2D eigenvalue weighted by Gasteiger charge is 2.01. The van der Waals surface area contributed by atoms with Gasteiger partial charge in [0.05, 0.1) is 0 Å². The normalized spacial score (nSPS) is 10.2. The number of nitrogens with one attached hydrogen (secondary N) is 2. The van der Waals surface area contributed by atoms with Crippen molar-refractivity contribution in [2.24, 2.45) is 0 Å². The summed E-state index contributed by atoms with van der Waals surface area (Å²) < 4.78 is 0. The van der Waals surface area contributed by atoms with E-state index in [4.69, 9.17) is 5.73 Å². The Kier molecular flexibility index (Phi) is 4.55. The summed E-state index contributed by atoms with van der Waals surface area (Å²) >= 11 is 0. The van der Waals surface area contributed by atoms with Crippen molar-refractivity contribution in [2.75, 3.05) is 22.9 Å². The van der Waals surface area contributed by atoms with E-state index < -0.39 is 0 Å². The van der Waals surface area contributed by atoms with Crippen LogP contribution in [0.1, 0.15) is 18.9 Å². The monoisotopic (exact) mass is 257 g/mol. The fourth-order valence-corrected chi connectivity index (χ4v) is 1.69. The Balaban J connectivity index is 2.01. The van der Waals surface area contributed by atoms with Crippen molar-refractivity contribution < 1.29 is 0 Å². The lowest BCUT2D eigenvalue weighted by Gasteiger charge is -2.09. The van der Waals surface area contributed by atoms with E-state index in [9.17, 15) is 0 Å². The second-order valence-corrected chi connectivity index (χ2v) is 4.26. The average Bonchev–Trinajstić information content (AvgIpc) is 2.43. The molecule has 5 nitrogen and oxygen atoms in total. The average molecular weight is 257 g/mol. The van der Waals surface area contributed by atoms with Gasteiger partial charge in [0.1, 0.15) is 11.6 Å². The molecule has 1 aromatic carbocycles. The zero-order chi connectivity index (χ0) is 13.5. The second-order valence-electron chi connectivity index (χ2n) is 4.26. The standard InChI is InChI=1S/C14H19N5/c1-2-8-16-12-9-13(19-14(15)18-12)17-10-11-6-4-3-5-7-11/h3-7,9H,2,8,10H2,1H3,(H4,15,16,17,18,19). The van der Waals surface area contributed by atoms with Gasteiger partial charge >= 0.3 is 0 Å². The van der Waals surface area contributed by atoms with Gasteiger partial charge in [-0.1, -0.05) is 37.3 Å². The van der Waals surface area contributed by atoms with Gasteiger partial charge in [-0.25, -0.2) is 0 Å².